The van der Waals surface area contributed by atoms with Crippen molar-refractivity contribution in [2.75, 3.05) is 38.0 Å². The van der Waals surface area contributed by atoms with E-state index in [-0.39, 0.29) is 24.5 Å². The number of carbonyl (C=O) groups excluding carboxylic acids is 2. The summed E-state index contributed by atoms with van der Waals surface area (Å²) in [5.41, 5.74) is 1.28. The molecular formula is C21H29N5O3. The summed E-state index contributed by atoms with van der Waals surface area (Å²) in [6, 6.07) is 12.0. The third-order valence-corrected chi connectivity index (χ3v) is 5.00. The number of aryl methyl sites for hydroxylation is 2. The molecule has 2 N–H and O–H groups in total. The molecule has 1 aliphatic heterocycles. The smallest absolute Gasteiger partial charge is 0.317 e. The first-order chi connectivity index (χ1) is 14.0. The van der Waals surface area contributed by atoms with Crippen molar-refractivity contribution in [2.45, 2.75) is 32.7 Å². The summed E-state index contributed by atoms with van der Waals surface area (Å²) in [4.78, 5) is 28.4. The molecule has 0 aliphatic carbocycles. The number of urea groups is 1. The van der Waals surface area contributed by atoms with Gasteiger partial charge in [-0.15, -0.1) is 0 Å². The maximum atomic E-state index is 12.5. The molecule has 0 saturated carbocycles. The number of amides is 3. The van der Waals surface area contributed by atoms with E-state index in [1.54, 1.807) is 13.0 Å². The first-order valence-corrected chi connectivity index (χ1v) is 10.0. The van der Waals surface area contributed by atoms with Gasteiger partial charge in [0.25, 0.3) is 0 Å². The van der Waals surface area contributed by atoms with Crippen LogP contribution in [0.15, 0.2) is 40.9 Å². The molecule has 0 spiro atoms. The normalized spacial score (nSPS) is 15.7. The monoisotopic (exact) mass is 399 g/mol. The lowest BCUT2D eigenvalue weighted by atomic mass is 10.1. The Kier molecular flexibility index (Phi) is 7.24. The van der Waals surface area contributed by atoms with Crippen LogP contribution < -0.4 is 10.6 Å². The van der Waals surface area contributed by atoms with E-state index in [2.05, 4.69) is 27.9 Å². The lowest BCUT2D eigenvalue weighted by Gasteiger charge is -2.34. The van der Waals surface area contributed by atoms with E-state index in [0.29, 0.717) is 37.8 Å². The summed E-state index contributed by atoms with van der Waals surface area (Å²) in [7, 11) is 0. The van der Waals surface area contributed by atoms with Crippen LogP contribution >= 0.6 is 0 Å². The second kappa shape index (κ2) is 10.1. The van der Waals surface area contributed by atoms with E-state index >= 15 is 0 Å². The number of piperazine rings is 1. The Bertz CT molecular complexity index is 800. The molecule has 1 aliphatic rings. The summed E-state index contributed by atoms with van der Waals surface area (Å²) < 4.78 is 4.94. The molecule has 3 rings (SSSR count). The summed E-state index contributed by atoms with van der Waals surface area (Å²) >= 11 is 0. The van der Waals surface area contributed by atoms with E-state index in [4.69, 9.17) is 4.52 Å². The number of carbonyl (C=O) groups is 2. The van der Waals surface area contributed by atoms with Crippen molar-refractivity contribution in [1.29, 1.82) is 0 Å². The van der Waals surface area contributed by atoms with Gasteiger partial charge in [-0.1, -0.05) is 35.5 Å². The van der Waals surface area contributed by atoms with Crippen LogP contribution in [0.5, 0.6) is 0 Å². The highest BCUT2D eigenvalue weighted by atomic mass is 16.5. The minimum Gasteiger partial charge on any atom is -0.360 e. The van der Waals surface area contributed by atoms with Crippen LogP contribution in [0.1, 0.15) is 24.7 Å². The van der Waals surface area contributed by atoms with Crippen molar-refractivity contribution in [3.8, 4) is 0 Å². The number of nitrogens with zero attached hydrogens (tertiary/aromatic N) is 3. The molecule has 156 valence electrons. The highest BCUT2D eigenvalue weighted by Gasteiger charge is 2.23. The molecule has 3 amide bonds. The van der Waals surface area contributed by atoms with Gasteiger partial charge in [-0.3, -0.25) is 9.69 Å². The van der Waals surface area contributed by atoms with Gasteiger partial charge in [0.05, 0.1) is 6.54 Å². The van der Waals surface area contributed by atoms with Crippen molar-refractivity contribution in [3.63, 3.8) is 0 Å². The molecule has 1 aromatic carbocycles. The molecule has 1 atom stereocenters. The largest absolute Gasteiger partial charge is 0.360 e. The standard InChI is InChI=1S/C21H29N5O3/c1-16(8-9-18-6-4-3-5-7-18)22-21(28)26-12-10-25(11-13-26)15-20(27)23-19-14-17(2)29-24-19/h3-7,14,16H,8-13,15H2,1-2H3,(H,22,28)(H,23,24,27). The minimum atomic E-state index is -0.134. The summed E-state index contributed by atoms with van der Waals surface area (Å²) in [5.74, 6) is 0.943. The molecule has 29 heavy (non-hydrogen) atoms. The molecule has 2 aromatic rings. The zero-order valence-corrected chi connectivity index (χ0v) is 17.1. The van der Waals surface area contributed by atoms with Crippen LogP contribution in [0.3, 0.4) is 0 Å². The molecular weight excluding hydrogens is 370 g/mol. The van der Waals surface area contributed by atoms with E-state index in [9.17, 15) is 9.59 Å². The van der Waals surface area contributed by atoms with Gasteiger partial charge in [0.1, 0.15) is 5.76 Å². The third kappa shape index (κ3) is 6.60. The quantitative estimate of drug-likeness (QED) is 0.745. The van der Waals surface area contributed by atoms with E-state index in [1.165, 1.54) is 5.56 Å². The highest BCUT2D eigenvalue weighted by Crippen LogP contribution is 2.09. The van der Waals surface area contributed by atoms with Crippen molar-refractivity contribution < 1.29 is 14.1 Å². The average molecular weight is 399 g/mol. The number of hydrogen-bond donors (Lipinski definition) is 2. The third-order valence-electron chi connectivity index (χ3n) is 5.00. The summed E-state index contributed by atoms with van der Waals surface area (Å²) in [6.07, 6.45) is 1.84. The van der Waals surface area contributed by atoms with Gasteiger partial charge in [-0.25, -0.2) is 4.79 Å². The van der Waals surface area contributed by atoms with Crippen LogP contribution in [-0.4, -0.2) is 65.7 Å². The molecule has 2 heterocycles. The molecule has 1 unspecified atom stereocenters. The fraction of sp³-hybridized carbons (Fsp3) is 0.476. The first-order valence-electron chi connectivity index (χ1n) is 10.0. The van der Waals surface area contributed by atoms with Gasteiger partial charge in [0, 0.05) is 38.3 Å². The Balaban J connectivity index is 1.34. The number of rotatable bonds is 7. The predicted molar refractivity (Wildman–Crippen MR) is 111 cm³/mol. The minimum absolute atomic E-state index is 0.0345. The Morgan fingerprint density at radius 1 is 1.17 bits per heavy atom. The maximum Gasteiger partial charge on any atom is 0.317 e. The lowest BCUT2D eigenvalue weighted by Crippen LogP contribution is -2.54. The van der Waals surface area contributed by atoms with Gasteiger partial charge < -0.3 is 20.1 Å². The molecule has 1 fully saturated rings. The topological polar surface area (TPSA) is 90.7 Å². The molecule has 0 bridgehead atoms. The lowest BCUT2D eigenvalue weighted by molar-refractivity contribution is -0.117. The summed E-state index contributed by atoms with van der Waals surface area (Å²) in [5, 5.41) is 9.56. The van der Waals surface area contributed by atoms with Crippen LogP contribution in [0, 0.1) is 6.92 Å². The predicted octanol–water partition coefficient (Wildman–Crippen LogP) is 2.27. The Morgan fingerprint density at radius 3 is 2.55 bits per heavy atom. The van der Waals surface area contributed by atoms with Crippen LogP contribution in [-0.2, 0) is 11.2 Å². The van der Waals surface area contributed by atoms with Crippen LogP contribution in [0.2, 0.25) is 0 Å². The average Bonchev–Trinajstić information content (AvgIpc) is 3.12. The van der Waals surface area contributed by atoms with Gasteiger partial charge in [0.2, 0.25) is 5.91 Å². The Morgan fingerprint density at radius 2 is 1.90 bits per heavy atom. The van der Waals surface area contributed by atoms with E-state index < -0.39 is 0 Å². The van der Waals surface area contributed by atoms with Crippen LogP contribution in [0.4, 0.5) is 10.6 Å². The van der Waals surface area contributed by atoms with Crippen molar-refractivity contribution >= 4 is 17.8 Å². The van der Waals surface area contributed by atoms with Gasteiger partial charge >= 0.3 is 6.03 Å². The fourth-order valence-corrected chi connectivity index (χ4v) is 3.32. The fourth-order valence-electron chi connectivity index (χ4n) is 3.32. The van der Waals surface area contributed by atoms with Gasteiger partial charge in [-0.2, -0.15) is 0 Å². The summed E-state index contributed by atoms with van der Waals surface area (Å²) in [6.45, 7) is 6.62. The zero-order valence-electron chi connectivity index (χ0n) is 17.1. The first kappa shape index (κ1) is 20.9. The van der Waals surface area contributed by atoms with E-state index in [0.717, 1.165) is 12.8 Å². The van der Waals surface area contributed by atoms with Crippen molar-refractivity contribution in [1.82, 2.24) is 20.3 Å². The molecule has 8 heteroatoms. The molecule has 8 nitrogen and oxygen atoms in total. The number of anilines is 1. The Hall–Kier alpha value is -2.87. The molecule has 1 aromatic heterocycles. The molecule has 0 radical (unpaired) electrons. The maximum absolute atomic E-state index is 12.5. The number of nitrogens with one attached hydrogen (secondary N) is 2. The van der Waals surface area contributed by atoms with Gasteiger partial charge in [0.15, 0.2) is 5.82 Å². The van der Waals surface area contributed by atoms with E-state index in [1.807, 2.05) is 34.9 Å². The zero-order chi connectivity index (χ0) is 20.6. The highest BCUT2D eigenvalue weighted by molar-refractivity contribution is 5.91. The SMILES string of the molecule is Cc1cc(NC(=O)CN2CCN(C(=O)NC(C)CCc3ccccc3)CC2)no1. The number of benzene rings is 1. The van der Waals surface area contributed by atoms with Gasteiger partial charge in [-0.05, 0) is 32.3 Å². The number of hydrogen-bond acceptors (Lipinski definition) is 5. The van der Waals surface area contributed by atoms with Crippen molar-refractivity contribution in [3.05, 3.63) is 47.7 Å². The number of aromatic nitrogens is 1. The van der Waals surface area contributed by atoms with Crippen molar-refractivity contribution in [2.24, 2.45) is 0 Å². The second-order valence-electron chi connectivity index (χ2n) is 7.51. The second-order valence-corrected chi connectivity index (χ2v) is 7.51. The van der Waals surface area contributed by atoms with Crippen LogP contribution in [0.25, 0.3) is 0 Å². The Labute approximate surface area is 171 Å². The molecule has 1 saturated heterocycles.